The fraction of sp³-hybridized carbons (Fsp3) is 0.684. The van der Waals surface area contributed by atoms with E-state index in [4.69, 9.17) is 0 Å². The van der Waals surface area contributed by atoms with Crippen LogP contribution in [-0.2, 0) is 6.42 Å². The van der Waals surface area contributed by atoms with Crippen molar-refractivity contribution in [3.8, 4) is 0 Å². The Balaban J connectivity index is 2.17. The maximum atomic E-state index is 12.7. The molecule has 4 nitrogen and oxygen atoms in total. The molecule has 2 N–H and O–H groups in total. The predicted octanol–water partition coefficient (Wildman–Crippen LogP) is 4.32. The molecule has 0 aromatic carbocycles. The highest BCUT2D eigenvalue weighted by atomic mass is 16.2. The van der Waals surface area contributed by atoms with Gasteiger partial charge >= 0.3 is 0 Å². The summed E-state index contributed by atoms with van der Waals surface area (Å²) in [6.45, 7) is 5.52. The van der Waals surface area contributed by atoms with Crippen LogP contribution in [0.4, 0.5) is 0 Å². The minimum Gasteiger partial charge on any atom is -0.354 e. The van der Waals surface area contributed by atoms with Crippen LogP contribution in [-0.4, -0.2) is 22.7 Å². The number of hydrogen-bond donors (Lipinski definition) is 2. The zero-order valence-corrected chi connectivity index (χ0v) is 14.8. The molecule has 1 heterocycles. The van der Waals surface area contributed by atoms with E-state index in [1.54, 1.807) is 6.92 Å². The maximum absolute atomic E-state index is 12.7. The van der Waals surface area contributed by atoms with Crippen LogP contribution in [0.5, 0.6) is 0 Å². The number of rotatable bonds is 5. The predicted molar refractivity (Wildman–Crippen MR) is 93.1 cm³/mol. The molecular weight excluding hydrogens is 288 g/mol. The third-order valence-corrected chi connectivity index (χ3v) is 4.81. The third-order valence-electron chi connectivity index (χ3n) is 4.81. The van der Waals surface area contributed by atoms with Gasteiger partial charge in [-0.25, -0.2) is 0 Å². The zero-order chi connectivity index (χ0) is 16.8. The van der Waals surface area contributed by atoms with E-state index < -0.39 is 0 Å². The highest BCUT2D eigenvalue weighted by Crippen LogP contribution is 2.23. The summed E-state index contributed by atoms with van der Waals surface area (Å²) in [6, 6.07) is 0.265. The quantitative estimate of drug-likeness (QED) is 0.794. The van der Waals surface area contributed by atoms with E-state index in [9.17, 15) is 9.59 Å². The number of nitrogens with one attached hydrogen (secondary N) is 2. The van der Waals surface area contributed by atoms with Crippen molar-refractivity contribution < 1.29 is 9.59 Å². The number of carbonyl (C=O) groups excluding carboxylic acids is 2. The van der Waals surface area contributed by atoms with E-state index in [0.717, 1.165) is 36.9 Å². The van der Waals surface area contributed by atoms with Crippen LogP contribution >= 0.6 is 0 Å². The molecule has 128 valence electrons. The molecule has 0 radical (unpaired) electrons. The molecule has 0 bridgehead atoms. The van der Waals surface area contributed by atoms with Gasteiger partial charge in [0.15, 0.2) is 5.78 Å². The summed E-state index contributed by atoms with van der Waals surface area (Å²) in [4.78, 5) is 27.8. The highest BCUT2D eigenvalue weighted by molar-refractivity contribution is 6.02. The highest BCUT2D eigenvalue weighted by Gasteiger charge is 2.23. The first-order valence-corrected chi connectivity index (χ1v) is 9.07. The summed E-state index contributed by atoms with van der Waals surface area (Å²) in [5.41, 5.74) is 3.00. The number of H-pyrrole nitrogens is 1. The van der Waals surface area contributed by atoms with Crippen molar-refractivity contribution in [1.82, 2.24) is 10.3 Å². The molecule has 1 aromatic heterocycles. The van der Waals surface area contributed by atoms with Crippen molar-refractivity contribution in [3.05, 3.63) is 22.5 Å². The molecule has 0 spiro atoms. The van der Waals surface area contributed by atoms with E-state index in [-0.39, 0.29) is 17.7 Å². The molecule has 0 atom stereocenters. The maximum Gasteiger partial charge on any atom is 0.268 e. The normalized spacial score (nSPS) is 16.7. The Morgan fingerprint density at radius 2 is 1.74 bits per heavy atom. The lowest BCUT2D eigenvalue weighted by atomic mass is 9.96. The third kappa shape index (κ3) is 4.46. The van der Waals surface area contributed by atoms with Crippen molar-refractivity contribution in [1.29, 1.82) is 0 Å². The largest absolute Gasteiger partial charge is 0.354 e. The summed E-state index contributed by atoms with van der Waals surface area (Å²) in [5, 5.41) is 3.20. The summed E-state index contributed by atoms with van der Waals surface area (Å²) in [6.07, 6.45) is 10.0. The fourth-order valence-corrected chi connectivity index (χ4v) is 3.71. The Labute approximate surface area is 139 Å². The Morgan fingerprint density at radius 1 is 1.13 bits per heavy atom. The van der Waals surface area contributed by atoms with Gasteiger partial charge in [-0.3, -0.25) is 9.59 Å². The molecule has 4 heteroatoms. The summed E-state index contributed by atoms with van der Waals surface area (Å²) in [5.74, 6) is -0.0122. The first-order valence-electron chi connectivity index (χ1n) is 9.07. The zero-order valence-electron chi connectivity index (χ0n) is 14.8. The summed E-state index contributed by atoms with van der Waals surface area (Å²) >= 11 is 0. The van der Waals surface area contributed by atoms with Crippen LogP contribution < -0.4 is 5.32 Å². The van der Waals surface area contributed by atoms with Gasteiger partial charge in [-0.1, -0.05) is 45.4 Å². The SMILES string of the molecule is CCCc1c(C(=O)NC2CCCCCCC2)[nH]c(C)c1C(C)=O. The molecule has 1 amide bonds. The molecular formula is C19H30N2O2. The molecule has 1 aromatic rings. The number of amides is 1. The van der Waals surface area contributed by atoms with Gasteiger partial charge in [-0.2, -0.15) is 0 Å². The number of hydrogen-bond acceptors (Lipinski definition) is 2. The van der Waals surface area contributed by atoms with E-state index in [2.05, 4.69) is 17.2 Å². The number of carbonyl (C=O) groups is 2. The molecule has 2 rings (SSSR count). The number of aromatic nitrogens is 1. The lowest BCUT2D eigenvalue weighted by Crippen LogP contribution is -2.36. The number of ketones is 1. The average molecular weight is 318 g/mol. The molecule has 1 aliphatic rings. The van der Waals surface area contributed by atoms with Crippen LogP contribution in [0.1, 0.15) is 97.3 Å². The Bertz CT molecular complexity index is 552. The van der Waals surface area contributed by atoms with Crippen molar-refractivity contribution in [2.75, 3.05) is 0 Å². The topological polar surface area (TPSA) is 62.0 Å². The number of aryl methyl sites for hydroxylation is 1. The molecule has 23 heavy (non-hydrogen) atoms. The Hall–Kier alpha value is -1.58. The molecule has 1 fully saturated rings. The van der Waals surface area contributed by atoms with Crippen LogP contribution in [0.2, 0.25) is 0 Å². The smallest absolute Gasteiger partial charge is 0.268 e. The Morgan fingerprint density at radius 3 is 2.30 bits per heavy atom. The van der Waals surface area contributed by atoms with Gasteiger partial charge in [-0.05, 0) is 38.7 Å². The van der Waals surface area contributed by atoms with Crippen LogP contribution in [0, 0.1) is 6.92 Å². The number of Topliss-reactive ketones (excluding diaryl/α,β-unsaturated/α-hetero) is 1. The van der Waals surface area contributed by atoms with Gasteiger partial charge < -0.3 is 10.3 Å². The summed E-state index contributed by atoms with van der Waals surface area (Å²) < 4.78 is 0. The number of aromatic amines is 1. The monoisotopic (exact) mass is 318 g/mol. The van der Waals surface area contributed by atoms with Crippen molar-refractivity contribution in [3.63, 3.8) is 0 Å². The van der Waals surface area contributed by atoms with Gasteiger partial charge in [0.05, 0.1) is 0 Å². The van der Waals surface area contributed by atoms with Crippen LogP contribution in [0.15, 0.2) is 0 Å². The second kappa shape index (κ2) is 8.32. The van der Waals surface area contributed by atoms with E-state index in [0.29, 0.717) is 11.3 Å². The van der Waals surface area contributed by atoms with E-state index >= 15 is 0 Å². The minimum atomic E-state index is -0.0466. The second-order valence-corrected chi connectivity index (χ2v) is 6.80. The van der Waals surface area contributed by atoms with E-state index in [1.165, 1.54) is 32.1 Å². The Kier molecular flexibility index (Phi) is 6.43. The van der Waals surface area contributed by atoms with Gasteiger partial charge in [0.2, 0.25) is 0 Å². The minimum absolute atomic E-state index is 0.0344. The van der Waals surface area contributed by atoms with Crippen LogP contribution in [0.3, 0.4) is 0 Å². The molecule has 0 unspecified atom stereocenters. The van der Waals surface area contributed by atoms with Crippen LogP contribution in [0.25, 0.3) is 0 Å². The van der Waals surface area contributed by atoms with E-state index in [1.807, 2.05) is 6.92 Å². The molecule has 1 aliphatic carbocycles. The van der Waals surface area contributed by atoms with Gasteiger partial charge in [0, 0.05) is 17.3 Å². The van der Waals surface area contributed by atoms with Crippen molar-refractivity contribution >= 4 is 11.7 Å². The molecule has 0 aliphatic heterocycles. The molecule has 0 saturated heterocycles. The van der Waals surface area contributed by atoms with Crippen molar-refractivity contribution in [2.45, 2.75) is 84.6 Å². The first kappa shape index (κ1) is 17.8. The van der Waals surface area contributed by atoms with Gasteiger partial charge in [0.25, 0.3) is 5.91 Å². The standard InChI is InChI=1S/C19H30N2O2/c1-4-10-16-17(14(3)22)13(2)20-18(16)19(23)21-15-11-8-6-5-7-9-12-15/h15,20H,4-12H2,1-3H3,(H,21,23). The lowest BCUT2D eigenvalue weighted by molar-refractivity contribution is 0.0924. The van der Waals surface area contributed by atoms with Gasteiger partial charge in [0.1, 0.15) is 5.69 Å². The molecule has 1 saturated carbocycles. The fourth-order valence-electron chi connectivity index (χ4n) is 3.71. The first-order chi connectivity index (χ1) is 11.0. The summed E-state index contributed by atoms with van der Waals surface area (Å²) in [7, 11) is 0. The van der Waals surface area contributed by atoms with Crippen molar-refractivity contribution in [2.24, 2.45) is 0 Å². The average Bonchev–Trinajstić information content (AvgIpc) is 2.79. The second-order valence-electron chi connectivity index (χ2n) is 6.80. The lowest BCUT2D eigenvalue weighted by Gasteiger charge is -2.21. The van der Waals surface area contributed by atoms with Gasteiger partial charge in [-0.15, -0.1) is 0 Å².